The average molecular weight is 364 g/mol. The van der Waals surface area contributed by atoms with Crippen LogP contribution in [0.15, 0.2) is 35.5 Å². The molecule has 1 aromatic heterocycles. The smallest absolute Gasteiger partial charge is 0.191 e. The van der Waals surface area contributed by atoms with Crippen molar-refractivity contribution in [1.29, 1.82) is 0 Å². The van der Waals surface area contributed by atoms with Crippen LogP contribution in [0, 0.1) is 0 Å². The second-order valence-electron chi connectivity index (χ2n) is 5.70. The minimum absolute atomic E-state index is 0.563. The summed E-state index contributed by atoms with van der Waals surface area (Å²) in [6, 6.07) is 7.97. The van der Waals surface area contributed by atoms with Gasteiger partial charge in [-0.3, -0.25) is 0 Å². The van der Waals surface area contributed by atoms with E-state index in [1.165, 1.54) is 10.6 Å². The first-order chi connectivity index (χ1) is 11.7. The maximum Gasteiger partial charge on any atom is 0.191 e. The van der Waals surface area contributed by atoms with Crippen LogP contribution in [0.1, 0.15) is 16.8 Å². The van der Waals surface area contributed by atoms with E-state index in [2.05, 4.69) is 38.8 Å². The number of aromatic nitrogens is 1. The van der Waals surface area contributed by atoms with E-state index in [1.54, 1.807) is 11.3 Å². The summed E-state index contributed by atoms with van der Waals surface area (Å²) in [5, 5.41) is 1.79. The van der Waals surface area contributed by atoms with Gasteiger partial charge in [-0.05, 0) is 30.7 Å². The van der Waals surface area contributed by atoms with Crippen molar-refractivity contribution in [3.8, 4) is 0 Å². The van der Waals surface area contributed by atoms with E-state index < -0.39 is 0 Å². The number of thiazole rings is 1. The Morgan fingerprint density at radius 2 is 1.96 bits per heavy atom. The van der Waals surface area contributed by atoms with Crippen molar-refractivity contribution >= 4 is 34.6 Å². The predicted molar refractivity (Wildman–Crippen MR) is 102 cm³/mol. The largest absolute Gasteiger partial charge is 0.370 e. The zero-order valence-electron chi connectivity index (χ0n) is 13.8. The first-order valence-corrected chi connectivity index (χ1v) is 9.34. The fraction of sp³-hybridized carbons (Fsp3) is 0.412. The van der Waals surface area contributed by atoms with E-state index in [0.29, 0.717) is 12.5 Å². The summed E-state index contributed by atoms with van der Waals surface area (Å²) >= 11 is 7.66. The van der Waals surface area contributed by atoms with Crippen LogP contribution in [0.25, 0.3) is 0 Å². The molecule has 24 heavy (non-hydrogen) atoms. The van der Waals surface area contributed by atoms with E-state index in [-0.39, 0.29) is 0 Å². The highest BCUT2D eigenvalue weighted by atomic mass is 35.5. The van der Waals surface area contributed by atoms with Crippen molar-refractivity contribution in [2.24, 2.45) is 10.7 Å². The number of aryl methyl sites for hydroxylation is 1. The number of guanidine groups is 1. The fourth-order valence-electron chi connectivity index (χ4n) is 2.68. The summed E-state index contributed by atoms with van der Waals surface area (Å²) in [5.41, 5.74) is 7.35. The number of aliphatic imine (C=N–C) groups is 1. The van der Waals surface area contributed by atoms with Gasteiger partial charge in [0, 0.05) is 48.0 Å². The molecule has 3 rings (SSSR count). The van der Waals surface area contributed by atoms with Crippen LogP contribution in [0.5, 0.6) is 0 Å². The number of nitrogens with zero attached hydrogens (tertiary/aromatic N) is 4. The van der Waals surface area contributed by atoms with Crippen molar-refractivity contribution in [1.82, 2.24) is 9.88 Å². The first-order valence-electron chi connectivity index (χ1n) is 8.14. The molecule has 0 spiro atoms. The lowest BCUT2D eigenvalue weighted by Gasteiger charge is -2.36. The van der Waals surface area contributed by atoms with E-state index in [4.69, 9.17) is 17.3 Å². The molecular weight excluding hydrogens is 342 g/mol. The third kappa shape index (κ3) is 4.19. The van der Waals surface area contributed by atoms with Gasteiger partial charge in [-0.2, -0.15) is 0 Å². The lowest BCUT2D eigenvalue weighted by Crippen LogP contribution is -2.51. The topological polar surface area (TPSA) is 57.8 Å². The van der Waals surface area contributed by atoms with E-state index in [9.17, 15) is 0 Å². The third-order valence-electron chi connectivity index (χ3n) is 4.12. The Kier molecular flexibility index (Phi) is 5.58. The predicted octanol–water partition coefficient (Wildman–Crippen LogP) is 3.00. The molecule has 128 valence electrons. The zero-order valence-corrected chi connectivity index (χ0v) is 15.4. The molecule has 1 aromatic carbocycles. The number of benzene rings is 1. The van der Waals surface area contributed by atoms with Crippen molar-refractivity contribution in [3.05, 3.63) is 45.4 Å². The molecular formula is C17H22ClN5S. The quantitative estimate of drug-likeness (QED) is 0.670. The van der Waals surface area contributed by atoms with E-state index >= 15 is 0 Å². The molecule has 0 aliphatic carbocycles. The molecule has 0 amide bonds. The molecule has 0 radical (unpaired) electrons. The van der Waals surface area contributed by atoms with Gasteiger partial charge in [0.05, 0.1) is 6.54 Å². The van der Waals surface area contributed by atoms with Gasteiger partial charge < -0.3 is 15.5 Å². The van der Waals surface area contributed by atoms with Gasteiger partial charge in [0.15, 0.2) is 5.96 Å². The Morgan fingerprint density at radius 3 is 2.58 bits per heavy atom. The Balaban J connectivity index is 1.53. The lowest BCUT2D eigenvalue weighted by atomic mass is 10.2. The molecule has 5 nitrogen and oxygen atoms in total. The van der Waals surface area contributed by atoms with Gasteiger partial charge >= 0.3 is 0 Å². The van der Waals surface area contributed by atoms with Crippen LogP contribution in [-0.4, -0.2) is 42.0 Å². The summed E-state index contributed by atoms with van der Waals surface area (Å²) in [4.78, 5) is 14.7. The highest BCUT2D eigenvalue weighted by Crippen LogP contribution is 2.19. The molecule has 2 heterocycles. The number of rotatable bonds is 4. The minimum atomic E-state index is 0.563. The SMILES string of the molecule is CCc1cnc(CN=C(N)N2CCN(c3ccc(Cl)cc3)CC2)s1. The normalized spacial score (nSPS) is 15.8. The molecule has 0 atom stereocenters. The number of nitrogens with two attached hydrogens (primary N) is 1. The highest BCUT2D eigenvalue weighted by Gasteiger charge is 2.18. The van der Waals surface area contributed by atoms with Crippen LogP contribution in [0.2, 0.25) is 5.02 Å². The zero-order chi connectivity index (χ0) is 16.9. The first kappa shape index (κ1) is 17.0. The number of hydrogen-bond donors (Lipinski definition) is 1. The summed E-state index contributed by atoms with van der Waals surface area (Å²) in [7, 11) is 0. The molecule has 0 bridgehead atoms. The van der Waals surface area contributed by atoms with Gasteiger partial charge in [0.2, 0.25) is 0 Å². The molecule has 1 saturated heterocycles. The standard InChI is InChI=1S/C17H22ClN5S/c1-2-15-11-20-16(24-15)12-21-17(19)23-9-7-22(8-10-23)14-5-3-13(18)4-6-14/h3-6,11H,2,7-10,12H2,1H3,(H2,19,21). The van der Waals surface area contributed by atoms with Gasteiger partial charge in [-0.1, -0.05) is 18.5 Å². The van der Waals surface area contributed by atoms with Crippen LogP contribution in [0.4, 0.5) is 5.69 Å². The highest BCUT2D eigenvalue weighted by molar-refractivity contribution is 7.11. The molecule has 0 saturated carbocycles. The summed E-state index contributed by atoms with van der Waals surface area (Å²) < 4.78 is 0. The minimum Gasteiger partial charge on any atom is -0.370 e. The van der Waals surface area contributed by atoms with Gasteiger partial charge in [-0.15, -0.1) is 11.3 Å². The molecule has 1 aliphatic heterocycles. The molecule has 1 fully saturated rings. The van der Waals surface area contributed by atoms with Gasteiger partial charge in [0.1, 0.15) is 5.01 Å². The number of hydrogen-bond acceptors (Lipinski definition) is 4. The Labute approximate surface area is 151 Å². The number of piperazine rings is 1. The third-order valence-corrected chi connectivity index (χ3v) is 5.50. The van der Waals surface area contributed by atoms with E-state index in [1.807, 2.05) is 18.3 Å². The number of anilines is 1. The summed E-state index contributed by atoms with van der Waals surface area (Å²) in [6.45, 7) is 6.29. The van der Waals surface area contributed by atoms with E-state index in [0.717, 1.165) is 42.6 Å². The second kappa shape index (κ2) is 7.85. The van der Waals surface area contributed by atoms with Crippen LogP contribution < -0.4 is 10.6 Å². The Bertz CT molecular complexity index is 689. The fourth-order valence-corrected chi connectivity index (χ4v) is 3.59. The van der Waals surface area contributed by atoms with Crippen LogP contribution >= 0.6 is 22.9 Å². The molecule has 1 aliphatic rings. The molecule has 2 aromatic rings. The second-order valence-corrected chi connectivity index (χ2v) is 7.33. The number of halogens is 1. The summed E-state index contributed by atoms with van der Waals surface area (Å²) in [5.74, 6) is 0.610. The van der Waals surface area contributed by atoms with Crippen LogP contribution in [-0.2, 0) is 13.0 Å². The molecule has 7 heteroatoms. The van der Waals surface area contributed by atoms with Crippen molar-refractivity contribution in [2.75, 3.05) is 31.1 Å². The average Bonchev–Trinajstić information content (AvgIpc) is 3.09. The van der Waals surface area contributed by atoms with Crippen molar-refractivity contribution in [3.63, 3.8) is 0 Å². The van der Waals surface area contributed by atoms with Crippen molar-refractivity contribution < 1.29 is 0 Å². The Morgan fingerprint density at radius 1 is 1.25 bits per heavy atom. The van der Waals surface area contributed by atoms with Gasteiger partial charge in [-0.25, -0.2) is 9.98 Å². The van der Waals surface area contributed by atoms with Gasteiger partial charge in [0.25, 0.3) is 0 Å². The van der Waals surface area contributed by atoms with Crippen molar-refractivity contribution in [2.45, 2.75) is 19.9 Å². The molecule has 0 unspecified atom stereocenters. The lowest BCUT2D eigenvalue weighted by molar-refractivity contribution is 0.380. The monoisotopic (exact) mass is 363 g/mol. The maximum absolute atomic E-state index is 6.16. The Hall–Kier alpha value is -1.79. The molecule has 2 N–H and O–H groups in total. The summed E-state index contributed by atoms with van der Waals surface area (Å²) in [6.07, 6.45) is 2.94. The van der Waals surface area contributed by atoms with Crippen LogP contribution in [0.3, 0.4) is 0 Å². The maximum atomic E-state index is 6.16.